The minimum Gasteiger partial charge on any atom is -0.449 e. The van der Waals surface area contributed by atoms with E-state index in [0.717, 1.165) is 27.8 Å². The van der Waals surface area contributed by atoms with Gasteiger partial charge < -0.3 is 14.6 Å². The third kappa shape index (κ3) is 3.66. The molecule has 0 amide bonds. The number of para-hydroxylation sites is 1. The summed E-state index contributed by atoms with van der Waals surface area (Å²) in [5.74, 6) is 2.35. The van der Waals surface area contributed by atoms with Crippen molar-refractivity contribution < 1.29 is 14.6 Å². The molecule has 170 valence electrons. The van der Waals surface area contributed by atoms with Crippen LogP contribution in [0.1, 0.15) is 16.7 Å². The number of hydrogen-bond donors (Lipinski definition) is 1. The standard InChI is InChI=1S/C31H21ClO3/c32-23-18-19-27-29(20-23)34-28-17-9-15-25(30(28)35-27)24-14-7-8-16-26(24)31(33,21-10-3-1-4-11-21)22-12-5-2-6-13-22/h1-20,33H. The highest BCUT2D eigenvalue weighted by Gasteiger charge is 2.36. The number of aliphatic hydroxyl groups is 1. The second kappa shape index (κ2) is 8.62. The molecule has 5 aromatic rings. The molecular formula is C31H21ClO3. The van der Waals surface area contributed by atoms with Crippen LogP contribution in [0, 0.1) is 0 Å². The molecule has 0 aliphatic carbocycles. The molecule has 0 bridgehead atoms. The fourth-order valence-electron chi connectivity index (χ4n) is 4.66. The molecule has 0 saturated carbocycles. The Hall–Kier alpha value is -4.05. The van der Waals surface area contributed by atoms with Gasteiger partial charge in [0.2, 0.25) is 0 Å². The van der Waals surface area contributed by atoms with E-state index < -0.39 is 5.60 Å². The van der Waals surface area contributed by atoms with Crippen LogP contribution in [0.2, 0.25) is 5.02 Å². The van der Waals surface area contributed by atoms with Crippen LogP contribution in [0.25, 0.3) is 11.1 Å². The first-order chi connectivity index (χ1) is 17.1. The van der Waals surface area contributed by atoms with Gasteiger partial charge in [-0.15, -0.1) is 0 Å². The van der Waals surface area contributed by atoms with Crippen LogP contribution in [-0.2, 0) is 5.60 Å². The van der Waals surface area contributed by atoms with Gasteiger partial charge in [-0.2, -0.15) is 0 Å². The van der Waals surface area contributed by atoms with Crippen LogP contribution in [0.5, 0.6) is 23.0 Å². The zero-order valence-corrected chi connectivity index (χ0v) is 19.4. The Balaban J connectivity index is 1.57. The quantitative estimate of drug-likeness (QED) is 0.261. The molecule has 0 saturated heterocycles. The van der Waals surface area contributed by atoms with Gasteiger partial charge in [0, 0.05) is 22.2 Å². The summed E-state index contributed by atoms with van der Waals surface area (Å²) in [5.41, 5.74) is 2.59. The Bertz CT molecular complexity index is 1470. The topological polar surface area (TPSA) is 38.7 Å². The lowest BCUT2D eigenvalue weighted by molar-refractivity contribution is 0.126. The summed E-state index contributed by atoms with van der Waals surface area (Å²) in [5, 5.41) is 13.1. The molecule has 1 aliphatic heterocycles. The molecule has 35 heavy (non-hydrogen) atoms. The van der Waals surface area contributed by atoms with E-state index in [1.807, 2.05) is 103 Å². The Kier molecular flexibility index (Phi) is 5.29. The van der Waals surface area contributed by atoms with E-state index in [9.17, 15) is 5.11 Å². The Labute approximate surface area is 208 Å². The van der Waals surface area contributed by atoms with E-state index >= 15 is 0 Å². The van der Waals surface area contributed by atoms with Gasteiger partial charge in [0.15, 0.2) is 23.0 Å². The molecule has 0 aromatic heterocycles. The van der Waals surface area contributed by atoms with Crippen LogP contribution >= 0.6 is 11.6 Å². The molecule has 0 fully saturated rings. The molecule has 0 unspecified atom stereocenters. The fraction of sp³-hybridized carbons (Fsp3) is 0.0323. The van der Waals surface area contributed by atoms with Crippen molar-refractivity contribution in [3.05, 3.63) is 143 Å². The monoisotopic (exact) mass is 476 g/mol. The first-order valence-corrected chi connectivity index (χ1v) is 11.7. The van der Waals surface area contributed by atoms with E-state index in [2.05, 4.69) is 0 Å². The number of hydrogen-bond acceptors (Lipinski definition) is 3. The molecular weight excluding hydrogens is 456 g/mol. The van der Waals surface area contributed by atoms with Crippen molar-refractivity contribution >= 4 is 11.6 Å². The van der Waals surface area contributed by atoms with E-state index in [1.165, 1.54) is 0 Å². The number of ether oxygens (including phenoxy) is 2. The first kappa shape index (κ1) is 21.5. The molecule has 5 aromatic carbocycles. The van der Waals surface area contributed by atoms with Crippen LogP contribution < -0.4 is 9.47 Å². The van der Waals surface area contributed by atoms with Crippen molar-refractivity contribution in [1.82, 2.24) is 0 Å². The SMILES string of the molecule is OC(c1ccccc1)(c1ccccc1)c1ccccc1-c1cccc2c1Oc1ccc(Cl)cc1O2. The second-order valence-corrected chi connectivity index (χ2v) is 8.85. The third-order valence-corrected chi connectivity index (χ3v) is 6.54. The van der Waals surface area contributed by atoms with Crippen molar-refractivity contribution in [2.24, 2.45) is 0 Å². The summed E-state index contributed by atoms with van der Waals surface area (Å²) >= 11 is 6.15. The predicted molar refractivity (Wildman–Crippen MR) is 138 cm³/mol. The highest BCUT2D eigenvalue weighted by atomic mass is 35.5. The molecule has 1 aliphatic rings. The number of rotatable bonds is 4. The largest absolute Gasteiger partial charge is 0.449 e. The van der Waals surface area contributed by atoms with Crippen LogP contribution in [0.4, 0.5) is 0 Å². The summed E-state index contributed by atoms with van der Waals surface area (Å²) < 4.78 is 12.5. The average molecular weight is 477 g/mol. The fourth-order valence-corrected chi connectivity index (χ4v) is 4.82. The van der Waals surface area contributed by atoms with Crippen LogP contribution in [0.3, 0.4) is 0 Å². The third-order valence-electron chi connectivity index (χ3n) is 6.31. The van der Waals surface area contributed by atoms with Gasteiger partial charge in [0.1, 0.15) is 5.60 Å². The highest BCUT2D eigenvalue weighted by Crippen LogP contribution is 2.52. The molecule has 3 nitrogen and oxygen atoms in total. The zero-order valence-electron chi connectivity index (χ0n) is 18.7. The minimum absolute atomic E-state index is 0.570. The average Bonchev–Trinajstić information content (AvgIpc) is 2.92. The number of fused-ring (bicyclic) bond motifs is 2. The molecule has 6 rings (SSSR count). The van der Waals surface area contributed by atoms with Gasteiger partial charge in [0.05, 0.1) is 0 Å². The number of halogens is 1. The van der Waals surface area contributed by atoms with Crippen molar-refractivity contribution in [2.75, 3.05) is 0 Å². The van der Waals surface area contributed by atoms with E-state index in [-0.39, 0.29) is 0 Å². The maximum Gasteiger partial charge on any atom is 0.177 e. The lowest BCUT2D eigenvalue weighted by Gasteiger charge is -2.32. The van der Waals surface area contributed by atoms with Crippen molar-refractivity contribution in [1.29, 1.82) is 0 Å². The van der Waals surface area contributed by atoms with E-state index in [4.69, 9.17) is 21.1 Å². The van der Waals surface area contributed by atoms with Crippen LogP contribution in [0.15, 0.2) is 121 Å². The molecule has 1 heterocycles. The molecule has 1 N–H and O–H groups in total. The van der Waals surface area contributed by atoms with E-state index in [1.54, 1.807) is 18.2 Å². The first-order valence-electron chi connectivity index (χ1n) is 11.4. The minimum atomic E-state index is -1.39. The predicted octanol–water partition coefficient (Wildman–Crippen LogP) is 8.19. The van der Waals surface area contributed by atoms with Crippen molar-refractivity contribution in [3.8, 4) is 34.1 Å². The molecule has 4 heteroatoms. The second-order valence-electron chi connectivity index (χ2n) is 8.42. The summed E-state index contributed by atoms with van der Waals surface area (Å²) in [6.45, 7) is 0. The van der Waals surface area contributed by atoms with Gasteiger partial charge in [0.25, 0.3) is 0 Å². The Morgan fingerprint density at radius 3 is 1.89 bits per heavy atom. The van der Waals surface area contributed by atoms with Gasteiger partial charge in [-0.3, -0.25) is 0 Å². The van der Waals surface area contributed by atoms with Gasteiger partial charge in [-0.05, 0) is 34.9 Å². The summed E-state index contributed by atoms with van der Waals surface area (Å²) in [6.07, 6.45) is 0. The highest BCUT2D eigenvalue weighted by molar-refractivity contribution is 6.30. The molecule has 0 atom stereocenters. The summed E-state index contributed by atoms with van der Waals surface area (Å²) in [4.78, 5) is 0. The lowest BCUT2D eigenvalue weighted by atomic mass is 9.77. The van der Waals surface area contributed by atoms with Gasteiger partial charge in [-0.1, -0.05) is 109 Å². The lowest BCUT2D eigenvalue weighted by Crippen LogP contribution is -2.29. The number of benzene rings is 5. The summed E-state index contributed by atoms with van der Waals surface area (Å²) in [6, 6.07) is 38.4. The smallest absolute Gasteiger partial charge is 0.177 e. The molecule has 0 spiro atoms. The van der Waals surface area contributed by atoms with Gasteiger partial charge in [-0.25, -0.2) is 0 Å². The van der Waals surface area contributed by atoms with Crippen molar-refractivity contribution in [2.45, 2.75) is 5.60 Å². The van der Waals surface area contributed by atoms with Crippen LogP contribution in [-0.4, -0.2) is 5.11 Å². The zero-order chi connectivity index (χ0) is 23.8. The Morgan fingerprint density at radius 2 is 1.17 bits per heavy atom. The Morgan fingerprint density at radius 1 is 0.543 bits per heavy atom. The summed E-state index contributed by atoms with van der Waals surface area (Å²) in [7, 11) is 0. The normalized spacial score (nSPS) is 12.2. The maximum atomic E-state index is 12.5. The maximum absolute atomic E-state index is 12.5. The molecule has 0 radical (unpaired) electrons. The van der Waals surface area contributed by atoms with Crippen molar-refractivity contribution in [3.63, 3.8) is 0 Å². The van der Waals surface area contributed by atoms with Gasteiger partial charge >= 0.3 is 0 Å². The van der Waals surface area contributed by atoms with E-state index in [0.29, 0.717) is 28.0 Å².